The number of nitriles is 1. The third kappa shape index (κ3) is 1.56. The van der Waals surface area contributed by atoms with Crippen molar-refractivity contribution < 1.29 is 0 Å². The minimum atomic E-state index is 0.292. The number of aromatic nitrogens is 3. The zero-order chi connectivity index (χ0) is 11.0. The first-order valence-corrected chi connectivity index (χ1v) is 5.18. The molecular weight excluding hydrogens is 190 g/mol. The van der Waals surface area contributed by atoms with Gasteiger partial charge < -0.3 is 4.90 Å². The molecule has 1 fully saturated rings. The van der Waals surface area contributed by atoms with E-state index < -0.39 is 0 Å². The minimum Gasteiger partial charge on any atom is -0.306 e. The average molecular weight is 205 g/mol. The Morgan fingerprint density at radius 2 is 2.20 bits per heavy atom. The molecule has 0 amide bonds. The van der Waals surface area contributed by atoms with Crippen LogP contribution in [0.1, 0.15) is 30.8 Å². The van der Waals surface area contributed by atoms with Gasteiger partial charge in [0, 0.05) is 6.04 Å². The van der Waals surface area contributed by atoms with Gasteiger partial charge in [-0.25, -0.2) is 4.68 Å². The fourth-order valence-corrected chi connectivity index (χ4v) is 2.09. The van der Waals surface area contributed by atoms with Crippen LogP contribution in [0, 0.1) is 25.3 Å². The van der Waals surface area contributed by atoms with Crippen LogP contribution in [-0.4, -0.2) is 32.5 Å². The summed E-state index contributed by atoms with van der Waals surface area (Å²) in [6.07, 6.45) is 3.18. The first kappa shape index (κ1) is 9.97. The van der Waals surface area contributed by atoms with Crippen LogP contribution in [0.3, 0.4) is 0 Å². The van der Waals surface area contributed by atoms with E-state index in [0.717, 1.165) is 24.4 Å². The van der Waals surface area contributed by atoms with Gasteiger partial charge in [-0.15, -0.1) is 5.10 Å². The van der Waals surface area contributed by atoms with Gasteiger partial charge in [0.2, 0.25) is 0 Å². The minimum absolute atomic E-state index is 0.292. The molecule has 2 heterocycles. The van der Waals surface area contributed by atoms with Gasteiger partial charge in [-0.2, -0.15) is 5.26 Å². The Kier molecular flexibility index (Phi) is 2.35. The third-order valence-electron chi connectivity index (χ3n) is 3.19. The Morgan fingerprint density at radius 3 is 2.67 bits per heavy atom. The molecule has 0 spiro atoms. The lowest BCUT2D eigenvalue weighted by atomic mass is 10.2. The second kappa shape index (κ2) is 3.54. The maximum atomic E-state index is 8.91. The molecule has 15 heavy (non-hydrogen) atoms. The van der Waals surface area contributed by atoms with E-state index in [1.54, 1.807) is 4.90 Å². The van der Waals surface area contributed by atoms with E-state index in [-0.39, 0.29) is 0 Å². The van der Waals surface area contributed by atoms with Gasteiger partial charge >= 0.3 is 0 Å². The van der Waals surface area contributed by atoms with Crippen molar-refractivity contribution in [2.45, 2.75) is 39.3 Å². The van der Waals surface area contributed by atoms with Crippen LogP contribution in [0.4, 0.5) is 0 Å². The number of likely N-dealkylation sites (tertiary alicyclic amines) is 1. The van der Waals surface area contributed by atoms with Crippen LogP contribution in [0.15, 0.2) is 0 Å². The fraction of sp³-hybridized carbons (Fsp3) is 0.700. The summed E-state index contributed by atoms with van der Waals surface area (Å²) < 4.78 is 1.95. The highest BCUT2D eigenvalue weighted by molar-refractivity contribution is 5.07. The molecule has 1 aromatic heterocycles. The Balaban J connectivity index is 2.21. The quantitative estimate of drug-likeness (QED) is 0.642. The van der Waals surface area contributed by atoms with Gasteiger partial charge in [0.15, 0.2) is 6.19 Å². The zero-order valence-electron chi connectivity index (χ0n) is 9.30. The van der Waals surface area contributed by atoms with Gasteiger partial charge in [0.1, 0.15) is 0 Å². The second-order valence-electron chi connectivity index (χ2n) is 4.20. The molecule has 0 saturated carbocycles. The van der Waals surface area contributed by atoms with Gasteiger partial charge in [0.25, 0.3) is 0 Å². The average Bonchev–Trinajstić information content (AvgIpc) is 2.72. The van der Waals surface area contributed by atoms with E-state index in [1.807, 2.05) is 18.5 Å². The van der Waals surface area contributed by atoms with Gasteiger partial charge in [-0.05, 0) is 27.2 Å². The van der Waals surface area contributed by atoms with Crippen molar-refractivity contribution in [2.75, 3.05) is 6.54 Å². The van der Waals surface area contributed by atoms with Crippen molar-refractivity contribution in [1.29, 1.82) is 5.26 Å². The smallest absolute Gasteiger partial charge is 0.179 e. The number of hydrogen-bond donors (Lipinski definition) is 0. The van der Waals surface area contributed by atoms with Crippen LogP contribution in [-0.2, 0) is 0 Å². The van der Waals surface area contributed by atoms with Crippen molar-refractivity contribution >= 4 is 0 Å². The standard InChI is InChI=1S/C10H15N5/c1-7-4-10(5-14(7)6-11)15-9(3)8(2)12-13-15/h7,10H,4-5H2,1-3H3/t7-,10+/m1/s1. The van der Waals surface area contributed by atoms with Crippen molar-refractivity contribution in [1.82, 2.24) is 19.9 Å². The molecule has 0 aliphatic carbocycles. The first-order valence-electron chi connectivity index (χ1n) is 5.18. The number of hydrogen-bond acceptors (Lipinski definition) is 4. The molecule has 80 valence electrons. The van der Waals surface area contributed by atoms with Gasteiger partial charge in [0.05, 0.1) is 24.0 Å². The molecular formula is C10H15N5. The van der Waals surface area contributed by atoms with Crippen LogP contribution in [0.5, 0.6) is 0 Å². The summed E-state index contributed by atoms with van der Waals surface area (Å²) in [6, 6.07) is 0.602. The molecule has 1 saturated heterocycles. The van der Waals surface area contributed by atoms with Gasteiger partial charge in [-0.1, -0.05) is 5.21 Å². The van der Waals surface area contributed by atoms with Crippen LogP contribution in [0.25, 0.3) is 0 Å². The molecule has 2 rings (SSSR count). The monoisotopic (exact) mass is 205 g/mol. The van der Waals surface area contributed by atoms with E-state index in [9.17, 15) is 0 Å². The largest absolute Gasteiger partial charge is 0.306 e. The maximum absolute atomic E-state index is 8.91. The van der Waals surface area contributed by atoms with E-state index in [2.05, 4.69) is 23.4 Å². The molecule has 0 N–H and O–H groups in total. The SMILES string of the molecule is Cc1nnn([C@H]2C[C@@H](C)N(C#N)C2)c1C. The van der Waals surface area contributed by atoms with Crippen molar-refractivity contribution in [3.63, 3.8) is 0 Å². The van der Waals surface area contributed by atoms with Crippen molar-refractivity contribution in [3.05, 3.63) is 11.4 Å². The molecule has 2 atom stereocenters. The Morgan fingerprint density at radius 1 is 1.47 bits per heavy atom. The molecule has 1 aliphatic heterocycles. The lowest BCUT2D eigenvalue weighted by Gasteiger charge is -2.12. The van der Waals surface area contributed by atoms with E-state index in [0.29, 0.717) is 12.1 Å². The fourth-order valence-electron chi connectivity index (χ4n) is 2.09. The molecule has 1 aliphatic rings. The predicted molar refractivity (Wildman–Crippen MR) is 54.9 cm³/mol. The van der Waals surface area contributed by atoms with E-state index in [1.165, 1.54) is 0 Å². The van der Waals surface area contributed by atoms with Crippen LogP contribution < -0.4 is 0 Å². The Labute approximate surface area is 89.3 Å². The summed E-state index contributed by atoms with van der Waals surface area (Å²) in [5.74, 6) is 0. The normalized spacial score (nSPS) is 25.6. The van der Waals surface area contributed by atoms with Crippen molar-refractivity contribution in [3.8, 4) is 6.19 Å². The number of nitrogens with zero attached hydrogens (tertiary/aromatic N) is 5. The highest BCUT2D eigenvalue weighted by Gasteiger charge is 2.31. The predicted octanol–water partition coefficient (Wildman–Crippen LogP) is 1.01. The summed E-state index contributed by atoms with van der Waals surface area (Å²) in [5.41, 5.74) is 2.07. The number of rotatable bonds is 1. The molecule has 0 unspecified atom stereocenters. The third-order valence-corrected chi connectivity index (χ3v) is 3.19. The molecule has 5 nitrogen and oxygen atoms in total. The second-order valence-corrected chi connectivity index (χ2v) is 4.20. The Bertz CT molecular complexity index is 402. The zero-order valence-corrected chi connectivity index (χ0v) is 9.30. The molecule has 0 bridgehead atoms. The van der Waals surface area contributed by atoms with E-state index in [4.69, 9.17) is 5.26 Å². The summed E-state index contributed by atoms with van der Waals surface area (Å²) in [5, 5.41) is 17.1. The van der Waals surface area contributed by atoms with Crippen LogP contribution in [0.2, 0.25) is 0 Å². The first-order chi connectivity index (χ1) is 7.13. The van der Waals surface area contributed by atoms with Crippen molar-refractivity contribution in [2.24, 2.45) is 0 Å². The Hall–Kier alpha value is -1.57. The number of aryl methyl sites for hydroxylation is 1. The van der Waals surface area contributed by atoms with E-state index >= 15 is 0 Å². The maximum Gasteiger partial charge on any atom is 0.179 e. The topological polar surface area (TPSA) is 57.7 Å². The van der Waals surface area contributed by atoms with Crippen LogP contribution >= 0.6 is 0 Å². The highest BCUT2D eigenvalue weighted by Crippen LogP contribution is 2.26. The molecule has 0 aromatic carbocycles. The molecule has 1 aromatic rings. The summed E-state index contributed by atoms with van der Waals surface area (Å²) >= 11 is 0. The van der Waals surface area contributed by atoms with Gasteiger partial charge in [-0.3, -0.25) is 0 Å². The molecule has 5 heteroatoms. The lowest BCUT2D eigenvalue weighted by Crippen LogP contribution is -2.21. The highest BCUT2D eigenvalue weighted by atomic mass is 15.5. The molecule has 0 radical (unpaired) electrons. The summed E-state index contributed by atoms with van der Waals surface area (Å²) in [7, 11) is 0. The summed E-state index contributed by atoms with van der Waals surface area (Å²) in [4.78, 5) is 1.81. The summed E-state index contributed by atoms with van der Waals surface area (Å²) in [6.45, 7) is 6.80. The lowest BCUT2D eigenvalue weighted by molar-refractivity contribution is 0.377.